The Kier molecular flexibility index (Phi) is 3.65. The van der Waals surface area contributed by atoms with Crippen molar-refractivity contribution in [2.45, 2.75) is 0 Å². The Labute approximate surface area is 96.4 Å². The zero-order valence-electron chi connectivity index (χ0n) is 8.34. The van der Waals surface area contributed by atoms with Crippen molar-refractivity contribution in [3.05, 3.63) is 29.6 Å². The van der Waals surface area contributed by atoms with E-state index in [1.165, 1.54) is 6.07 Å². The van der Waals surface area contributed by atoms with Crippen LogP contribution in [0.2, 0.25) is 0 Å². The average molecular weight is 258 g/mol. The molecule has 6 nitrogen and oxygen atoms in total. The predicted molar refractivity (Wildman–Crippen MR) is 56.4 cm³/mol. The van der Waals surface area contributed by atoms with Gasteiger partial charge in [-0.25, -0.2) is 17.6 Å². The van der Waals surface area contributed by atoms with Gasteiger partial charge in [0.1, 0.15) is 5.82 Å². The van der Waals surface area contributed by atoms with Crippen LogP contribution in [0.5, 0.6) is 0 Å². The Morgan fingerprint density at radius 2 is 2.18 bits per heavy atom. The van der Waals surface area contributed by atoms with Crippen LogP contribution in [0.25, 0.3) is 0 Å². The molecule has 0 atom stereocenters. The first-order chi connectivity index (χ1) is 7.85. The van der Waals surface area contributed by atoms with Crippen LogP contribution in [-0.4, -0.2) is 25.2 Å². The van der Waals surface area contributed by atoms with E-state index < -0.39 is 33.1 Å². The third-order valence-corrected chi connectivity index (χ3v) is 2.78. The smallest absolute Gasteiger partial charge is 0.338 e. The molecule has 0 amide bonds. The lowest BCUT2D eigenvalue weighted by atomic mass is 10.2. The van der Waals surface area contributed by atoms with Crippen molar-refractivity contribution < 1.29 is 22.7 Å². The van der Waals surface area contributed by atoms with Crippen LogP contribution < -0.4 is 4.72 Å². The number of rotatable bonds is 4. The predicted octanol–water partition coefficient (Wildman–Crippen LogP) is 0.789. The third kappa shape index (κ3) is 3.42. The molecule has 0 unspecified atom stereocenters. The number of carbonyl (C=O) groups is 1. The van der Waals surface area contributed by atoms with Crippen LogP contribution in [0.4, 0.5) is 10.1 Å². The normalized spacial score (nSPS) is 10.6. The topological polar surface area (TPSA) is 107 Å². The Balaban J connectivity index is 3.01. The fraction of sp³-hybridized carbons (Fsp3) is 0.111. The molecule has 2 N–H and O–H groups in total. The lowest BCUT2D eigenvalue weighted by Gasteiger charge is -2.05. The molecular formula is C9H7FN2O4S. The summed E-state index contributed by atoms with van der Waals surface area (Å²) < 4.78 is 37.4. The summed E-state index contributed by atoms with van der Waals surface area (Å²) >= 11 is 0. The summed E-state index contributed by atoms with van der Waals surface area (Å²) in [6.07, 6.45) is 0. The number of sulfonamides is 1. The van der Waals surface area contributed by atoms with E-state index in [0.29, 0.717) is 0 Å². The Morgan fingerprint density at radius 3 is 2.65 bits per heavy atom. The summed E-state index contributed by atoms with van der Waals surface area (Å²) in [7, 11) is -3.86. The lowest BCUT2D eigenvalue weighted by Crippen LogP contribution is -2.16. The molecule has 17 heavy (non-hydrogen) atoms. The highest BCUT2D eigenvalue weighted by molar-refractivity contribution is 7.92. The van der Waals surface area contributed by atoms with E-state index in [1.807, 2.05) is 4.72 Å². The molecule has 0 spiro atoms. The van der Waals surface area contributed by atoms with Crippen molar-refractivity contribution in [2.75, 3.05) is 10.5 Å². The van der Waals surface area contributed by atoms with E-state index in [0.717, 1.165) is 18.2 Å². The minimum atomic E-state index is -3.86. The van der Waals surface area contributed by atoms with Crippen molar-refractivity contribution in [2.24, 2.45) is 0 Å². The monoisotopic (exact) mass is 258 g/mol. The van der Waals surface area contributed by atoms with Gasteiger partial charge in [0.05, 0.1) is 17.3 Å². The minimum Gasteiger partial charge on any atom is -0.478 e. The highest BCUT2D eigenvalue weighted by atomic mass is 32.2. The van der Waals surface area contributed by atoms with Gasteiger partial charge in [0.15, 0.2) is 5.75 Å². The summed E-state index contributed by atoms with van der Waals surface area (Å²) in [6.45, 7) is 0. The molecule has 90 valence electrons. The van der Waals surface area contributed by atoms with Gasteiger partial charge in [-0.1, -0.05) is 0 Å². The van der Waals surface area contributed by atoms with Crippen LogP contribution in [0, 0.1) is 17.1 Å². The molecular weight excluding hydrogens is 251 g/mol. The molecule has 1 aromatic carbocycles. The average Bonchev–Trinajstić information content (AvgIpc) is 2.15. The first-order valence-corrected chi connectivity index (χ1v) is 5.91. The maximum atomic E-state index is 13.2. The van der Waals surface area contributed by atoms with Gasteiger partial charge in [-0.05, 0) is 18.2 Å². The SMILES string of the molecule is N#CCS(=O)(=O)Nc1ccc(C(=O)O)c(F)c1. The van der Waals surface area contributed by atoms with Crippen molar-refractivity contribution in [1.82, 2.24) is 0 Å². The van der Waals surface area contributed by atoms with Gasteiger partial charge in [-0.15, -0.1) is 0 Å². The number of aromatic carboxylic acids is 1. The number of hydrogen-bond acceptors (Lipinski definition) is 4. The number of carboxylic acids is 1. The van der Waals surface area contributed by atoms with Crippen LogP contribution in [0.15, 0.2) is 18.2 Å². The summed E-state index contributed by atoms with van der Waals surface area (Å²) in [5.41, 5.74) is -0.698. The number of halogens is 1. The molecule has 0 radical (unpaired) electrons. The third-order valence-electron chi connectivity index (χ3n) is 1.73. The van der Waals surface area contributed by atoms with Crippen LogP contribution in [-0.2, 0) is 10.0 Å². The standard InChI is InChI=1S/C9H7FN2O4S/c10-8-5-6(1-2-7(8)9(13)14)12-17(15,16)4-3-11/h1-2,5,12H,4H2,(H,13,14). The number of hydrogen-bond donors (Lipinski definition) is 2. The van der Waals surface area contributed by atoms with E-state index in [-0.39, 0.29) is 5.69 Å². The molecule has 0 aliphatic heterocycles. The van der Waals surface area contributed by atoms with Gasteiger partial charge in [0.2, 0.25) is 10.0 Å². The van der Waals surface area contributed by atoms with Crippen molar-refractivity contribution >= 4 is 21.7 Å². The highest BCUT2D eigenvalue weighted by Gasteiger charge is 2.13. The van der Waals surface area contributed by atoms with E-state index in [1.54, 1.807) is 0 Å². The number of nitrogens with one attached hydrogen (secondary N) is 1. The van der Waals surface area contributed by atoms with Gasteiger partial charge in [-0.3, -0.25) is 4.72 Å². The molecule has 0 heterocycles. The molecule has 1 aromatic rings. The number of benzene rings is 1. The fourth-order valence-electron chi connectivity index (χ4n) is 1.05. The van der Waals surface area contributed by atoms with E-state index in [2.05, 4.69) is 0 Å². The molecule has 1 rings (SSSR count). The maximum Gasteiger partial charge on any atom is 0.338 e. The second-order valence-electron chi connectivity index (χ2n) is 3.02. The molecule has 0 bridgehead atoms. The number of nitrogens with zero attached hydrogens (tertiary/aromatic N) is 1. The van der Waals surface area contributed by atoms with E-state index >= 15 is 0 Å². The van der Waals surface area contributed by atoms with Gasteiger partial charge in [0.25, 0.3) is 0 Å². The van der Waals surface area contributed by atoms with Gasteiger partial charge in [-0.2, -0.15) is 5.26 Å². The van der Waals surface area contributed by atoms with Crippen molar-refractivity contribution in [3.63, 3.8) is 0 Å². The number of nitriles is 1. The largest absolute Gasteiger partial charge is 0.478 e. The quantitative estimate of drug-likeness (QED) is 0.830. The van der Waals surface area contributed by atoms with Crippen molar-refractivity contribution in [1.29, 1.82) is 5.26 Å². The molecule has 0 aliphatic rings. The van der Waals surface area contributed by atoms with Gasteiger partial charge < -0.3 is 5.11 Å². The molecule has 8 heteroatoms. The van der Waals surface area contributed by atoms with Crippen LogP contribution in [0.1, 0.15) is 10.4 Å². The van der Waals surface area contributed by atoms with Crippen molar-refractivity contribution in [3.8, 4) is 6.07 Å². The number of carboxylic acid groups (broad SMARTS) is 1. The van der Waals surface area contributed by atoms with Gasteiger partial charge >= 0.3 is 5.97 Å². The molecule has 0 fully saturated rings. The first-order valence-electron chi connectivity index (χ1n) is 4.26. The molecule has 0 aliphatic carbocycles. The van der Waals surface area contributed by atoms with Crippen LogP contribution in [0.3, 0.4) is 0 Å². The highest BCUT2D eigenvalue weighted by Crippen LogP contribution is 2.15. The second-order valence-corrected chi connectivity index (χ2v) is 4.74. The lowest BCUT2D eigenvalue weighted by molar-refractivity contribution is 0.0692. The Bertz CT molecular complexity index is 592. The summed E-state index contributed by atoms with van der Waals surface area (Å²) in [5, 5.41) is 16.8. The van der Waals surface area contributed by atoms with Crippen LogP contribution >= 0.6 is 0 Å². The zero-order chi connectivity index (χ0) is 13.1. The van der Waals surface area contributed by atoms with E-state index in [9.17, 15) is 17.6 Å². The summed E-state index contributed by atoms with van der Waals surface area (Å²) in [6, 6.07) is 4.20. The molecule has 0 aromatic heterocycles. The minimum absolute atomic E-state index is 0.136. The number of anilines is 1. The maximum absolute atomic E-state index is 13.2. The molecule has 0 saturated carbocycles. The summed E-state index contributed by atoms with van der Waals surface area (Å²) in [5.74, 6) is -3.28. The fourth-order valence-corrected chi connectivity index (χ4v) is 1.78. The summed E-state index contributed by atoms with van der Waals surface area (Å²) in [4.78, 5) is 10.5. The zero-order valence-corrected chi connectivity index (χ0v) is 9.16. The Morgan fingerprint density at radius 1 is 1.53 bits per heavy atom. The second kappa shape index (κ2) is 4.80. The Hall–Kier alpha value is -2.14. The van der Waals surface area contributed by atoms with Gasteiger partial charge in [0, 0.05) is 0 Å². The molecule has 0 saturated heterocycles. The first kappa shape index (κ1) is 12.9. The van der Waals surface area contributed by atoms with E-state index in [4.69, 9.17) is 10.4 Å².